The standard InChI is InChI=1S/C21H30N6O2S/c1-17-23-20(15-21(24-17)26-13-11-25(2)12-14-26)22-16-18-5-7-19(8-6-18)30(28,29)27-9-3-4-10-27/h5-8,15H,3-4,9-14,16H2,1-2H3,(H,22,23,24). The molecule has 2 saturated heterocycles. The molecule has 1 N–H and O–H groups in total. The Balaban J connectivity index is 1.41. The maximum absolute atomic E-state index is 12.7. The van der Waals surface area contributed by atoms with Gasteiger partial charge in [-0.1, -0.05) is 12.1 Å². The van der Waals surface area contributed by atoms with Crippen LogP contribution >= 0.6 is 0 Å². The van der Waals surface area contributed by atoms with E-state index in [0.29, 0.717) is 24.5 Å². The molecule has 2 aliphatic heterocycles. The normalized spacial score (nSPS) is 18.7. The molecule has 4 rings (SSSR count). The molecular formula is C21H30N6O2S. The van der Waals surface area contributed by atoms with Gasteiger partial charge in [0.1, 0.15) is 17.5 Å². The molecule has 2 aromatic rings. The van der Waals surface area contributed by atoms with Crippen molar-refractivity contribution in [3.8, 4) is 0 Å². The minimum Gasteiger partial charge on any atom is -0.366 e. The van der Waals surface area contributed by atoms with Crippen molar-refractivity contribution in [1.82, 2.24) is 19.2 Å². The maximum Gasteiger partial charge on any atom is 0.243 e. The van der Waals surface area contributed by atoms with Crippen LogP contribution in [0.4, 0.5) is 11.6 Å². The van der Waals surface area contributed by atoms with Crippen molar-refractivity contribution in [2.24, 2.45) is 0 Å². The average molecular weight is 431 g/mol. The lowest BCUT2D eigenvalue weighted by atomic mass is 10.2. The molecule has 1 aromatic carbocycles. The Morgan fingerprint density at radius 2 is 1.63 bits per heavy atom. The Morgan fingerprint density at radius 3 is 2.30 bits per heavy atom. The second-order valence-electron chi connectivity index (χ2n) is 8.06. The van der Waals surface area contributed by atoms with E-state index in [9.17, 15) is 8.42 Å². The van der Waals surface area contributed by atoms with Gasteiger partial charge in [-0.2, -0.15) is 4.31 Å². The number of benzene rings is 1. The molecule has 162 valence electrons. The van der Waals surface area contributed by atoms with Crippen LogP contribution in [-0.2, 0) is 16.6 Å². The summed E-state index contributed by atoms with van der Waals surface area (Å²) in [5, 5.41) is 3.36. The first-order valence-corrected chi connectivity index (χ1v) is 12.0. The highest BCUT2D eigenvalue weighted by Crippen LogP contribution is 2.22. The molecule has 3 heterocycles. The molecule has 0 spiro atoms. The first-order valence-electron chi connectivity index (χ1n) is 10.5. The largest absolute Gasteiger partial charge is 0.366 e. The lowest BCUT2D eigenvalue weighted by Crippen LogP contribution is -2.44. The van der Waals surface area contributed by atoms with Crippen molar-refractivity contribution in [2.45, 2.75) is 31.2 Å². The second-order valence-corrected chi connectivity index (χ2v) is 10.00. The second kappa shape index (κ2) is 8.87. The van der Waals surface area contributed by atoms with Gasteiger partial charge in [0.25, 0.3) is 0 Å². The van der Waals surface area contributed by atoms with Crippen molar-refractivity contribution in [1.29, 1.82) is 0 Å². The summed E-state index contributed by atoms with van der Waals surface area (Å²) in [6.07, 6.45) is 1.88. The van der Waals surface area contributed by atoms with Gasteiger partial charge in [-0.05, 0) is 44.5 Å². The zero-order chi connectivity index (χ0) is 21.1. The fourth-order valence-corrected chi connectivity index (χ4v) is 5.41. The number of likely N-dealkylation sites (N-methyl/N-ethyl adjacent to an activating group) is 1. The Bertz CT molecular complexity index is 965. The molecular weight excluding hydrogens is 400 g/mol. The van der Waals surface area contributed by atoms with Crippen LogP contribution in [0.1, 0.15) is 24.2 Å². The summed E-state index contributed by atoms with van der Waals surface area (Å²) in [5.74, 6) is 2.47. The fourth-order valence-electron chi connectivity index (χ4n) is 3.89. The fraction of sp³-hybridized carbons (Fsp3) is 0.524. The van der Waals surface area contributed by atoms with Crippen molar-refractivity contribution in [2.75, 3.05) is 56.5 Å². The predicted octanol–water partition coefficient (Wildman–Crippen LogP) is 1.93. The summed E-state index contributed by atoms with van der Waals surface area (Å²) in [4.78, 5) is 14.1. The van der Waals surface area contributed by atoms with Gasteiger partial charge in [-0.3, -0.25) is 0 Å². The summed E-state index contributed by atoms with van der Waals surface area (Å²) in [6.45, 7) is 7.68. The number of aryl methyl sites for hydroxylation is 1. The molecule has 8 nitrogen and oxygen atoms in total. The van der Waals surface area contributed by atoms with Crippen LogP contribution in [0.2, 0.25) is 0 Å². The number of piperazine rings is 1. The zero-order valence-electron chi connectivity index (χ0n) is 17.7. The summed E-state index contributed by atoms with van der Waals surface area (Å²) >= 11 is 0. The lowest BCUT2D eigenvalue weighted by Gasteiger charge is -2.33. The van der Waals surface area contributed by atoms with Crippen molar-refractivity contribution in [3.05, 3.63) is 41.7 Å². The molecule has 0 bridgehead atoms. The van der Waals surface area contributed by atoms with Gasteiger partial charge in [0.2, 0.25) is 10.0 Å². The van der Waals surface area contributed by atoms with E-state index in [0.717, 1.165) is 62.0 Å². The third kappa shape index (κ3) is 4.74. The van der Waals surface area contributed by atoms with Gasteiger partial charge in [-0.15, -0.1) is 0 Å². The topological polar surface area (TPSA) is 81.7 Å². The number of rotatable bonds is 6. The van der Waals surface area contributed by atoms with E-state index < -0.39 is 10.0 Å². The van der Waals surface area contributed by atoms with Crippen LogP contribution in [0.3, 0.4) is 0 Å². The average Bonchev–Trinajstić information content (AvgIpc) is 3.29. The molecule has 9 heteroatoms. The highest BCUT2D eigenvalue weighted by molar-refractivity contribution is 7.89. The number of anilines is 2. The van der Waals surface area contributed by atoms with Crippen LogP contribution in [-0.4, -0.2) is 73.9 Å². The zero-order valence-corrected chi connectivity index (χ0v) is 18.5. The number of nitrogens with one attached hydrogen (secondary N) is 1. The van der Waals surface area contributed by atoms with Crippen molar-refractivity contribution < 1.29 is 8.42 Å². The molecule has 0 atom stereocenters. The van der Waals surface area contributed by atoms with E-state index in [4.69, 9.17) is 0 Å². The molecule has 0 unspecified atom stereocenters. The minimum atomic E-state index is -3.37. The van der Waals surface area contributed by atoms with Gasteiger partial charge in [-0.25, -0.2) is 18.4 Å². The Kier molecular flexibility index (Phi) is 6.21. The smallest absolute Gasteiger partial charge is 0.243 e. The van der Waals surface area contributed by atoms with Gasteiger partial charge in [0.05, 0.1) is 4.90 Å². The number of nitrogens with zero attached hydrogens (tertiary/aromatic N) is 5. The third-order valence-electron chi connectivity index (χ3n) is 5.75. The lowest BCUT2D eigenvalue weighted by molar-refractivity contribution is 0.312. The van der Waals surface area contributed by atoms with Gasteiger partial charge < -0.3 is 15.1 Å². The van der Waals surface area contributed by atoms with Gasteiger partial charge in [0.15, 0.2) is 0 Å². The molecule has 0 aliphatic carbocycles. The summed E-state index contributed by atoms with van der Waals surface area (Å²) < 4.78 is 26.9. The van der Waals surface area contributed by atoms with Crippen molar-refractivity contribution in [3.63, 3.8) is 0 Å². The number of sulfonamides is 1. The Hall–Kier alpha value is -2.23. The predicted molar refractivity (Wildman–Crippen MR) is 118 cm³/mol. The molecule has 0 radical (unpaired) electrons. The molecule has 0 saturated carbocycles. The van der Waals surface area contributed by atoms with E-state index in [1.165, 1.54) is 0 Å². The van der Waals surface area contributed by atoms with Gasteiger partial charge >= 0.3 is 0 Å². The molecule has 30 heavy (non-hydrogen) atoms. The van der Waals surface area contributed by atoms with E-state index in [2.05, 4.69) is 32.1 Å². The van der Waals surface area contributed by atoms with Crippen LogP contribution in [0.25, 0.3) is 0 Å². The number of aromatic nitrogens is 2. The SMILES string of the molecule is Cc1nc(NCc2ccc(S(=O)(=O)N3CCCC3)cc2)cc(N2CCN(C)CC2)n1. The number of hydrogen-bond acceptors (Lipinski definition) is 7. The van der Waals surface area contributed by atoms with Crippen LogP contribution in [0.15, 0.2) is 35.2 Å². The summed E-state index contributed by atoms with van der Waals surface area (Å²) in [5.41, 5.74) is 1.01. The highest BCUT2D eigenvalue weighted by Gasteiger charge is 2.26. The maximum atomic E-state index is 12.7. The summed E-state index contributed by atoms with van der Waals surface area (Å²) in [6, 6.07) is 9.12. The third-order valence-corrected chi connectivity index (χ3v) is 7.66. The first kappa shape index (κ1) is 21.0. The first-order chi connectivity index (χ1) is 14.4. The molecule has 2 fully saturated rings. The van der Waals surface area contributed by atoms with Crippen LogP contribution in [0, 0.1) is 6.92 Å². The Labute approximate surface area is 179 Å². The monoisotopic (exact) mass is 430 g/mol. The minimum absolute atomic E-state index is 0.364. The summed E-state index contributed by atoms with van der Waals surface area (Å²) in [7, 11) is -1.23. The van der Waals surface area contributed by atoms with Crippen LogP contribution in [0.5, 0.6) is 0 Å². The highest BCUT2D eigenvalue weighted by atomic mass is 32.2. The Morgan fingerprint density at radius 1 is 0.967 bits per heavy atom. The van der Waals surface area contributed by atoms with Crippen molar-refractivity contribution >= 4 is 21.7 Å². The van der Waals surface area contributed by atoms with Gasteiger partial charge in [0, 0.05) is 51.9 Å². The van der Waals surface area contributed by atoms with E-state index in [1.54, 1.807) is 16.4 Å². The van der Waals surface area contributed by atoms with E-state index >= 15 is 0 Å². The van der Waals surface area contributed by atoms with E-state index in [-0.39, 0.29) is 0 Å². The molecule has 1 aromatic heterocycles. The van der Waals surface area contributed by atoms with Crippen LogP contribution < -0.4 is 10.2 Å². The number of hydrogen-bond donors (Lipinski definition) is 1. The molecule has 2 aliphatic rings. The quantitative estimate of drug-likeness (QED) is 0.750. The van der Waals surface area contributed by atoms with E-state index in [1.807, 2.05) is 25.1 Å². The molecule has 0 amide bonds.